The summed E-state index contributed by atoms with van der Waals surface area (Å²) >= 11 is 7.41. The quantitative estimate of drug-likeness (QED) is 0.400. The zero-order valence-electron chi connectivity index (χ0n) is 14.5. The van der Waals surface area contributed by atoms with E-state index in [1.807, 2.05) is 18.7 Å². The summed E-state index contributed by atoms with van der Waals surface area (Å²) in [5.41, 5.74) is 0.800. The molecule has 7 nitrogen and oxygen atoms in total. The molecular formula is C16H18N2O5S3. The summed E-state index contributed by atoms with van der Waals surface area (Å²) in [6.07, 6.45) is 3.34. The second-order valence-electron chi connectivity index (χ2n) is 5.17. The Morgan fingerprint density at radius 3 is 2.50 bits per heavy atom. The first-order valence-electron chi connectivity index (χ1n) is 7.80. The van der Waals surface area contributed by atoms with Gasteiger partial charge in [0, 0.05) is 12.2 Å². The van der Waals surface area contributed by atoms with Crippen LogP contribution in [0.3, 0.4) is 0 Å². The van der Waals surface area contributed by atoms with Gasteiger partial charge in [-0.25, -0.2) is 4.79 Å². The van der Waals surface area contributed by atoms with Crippen molar-refractivity contribution in [3.8, 4) is 0 Å². The van der Waals surface area contributed by atoms with Crippen molar-refractivity contribution in [2.24, 2.45) is 0 Å². The number of thiocarbonyl (C=S) groups is 1. The number of amides is 1. The van der Waals surface area contributed by atoms with Crippen molar-refractivity contribution in [3.63, 3.8) is 0 Å². The molecular weight excluding hydrogens is 396 g/mol. The molecule has 26 heavy (non-hydrogen) atoms. The number of rotatable bonds is 6. The van der Waals surface area contributed by atoms with Gasteiger partial charge in [0.15, 0.2) is 0 Å². The second kappa shape index (κ2) is 8.74. The smallest absolute Gasteiger partial charge is 0.346 e. The minimum Gasteiger partial charge on any atom is -0.480 e. The van der Waals surface area contributed by atoms with Gasteiger partial charge in [-0.1, -0.05) is 35.7 Å². The van der Waals surface area contributed by atoms with Crippen LogP contribution < -0.4 is 0 Å². The molecule has 0 bridgehead atoms. The van der Waals surface area contributed by atoms with E-state index in [4.69, 9.17) is 22.1 Å². The van der Waals surface area contributed by atoms with Gasteiger partial charge < -0.3 is 14.7 Å². The first-order valence-corrected chi connectivity index (χ1v) is 9.85. The molecule has 0 aromatic rings. The van der Waals surface area contributed by atoms with Crippen LogP contribution in [0.2, 0.25) is 0 Å². The molecule has 2 heterocycles. The van der Waals surface area contributed by atoms with E-state index in [9.17, 15) is 14.4 Å². The molecule has 0 spiro atoms. The standard InChI is InChI=1S/C16H18N2O5S3/c1-4-17-9(3)13(15(22)23-5-2)26-11(17)7-6-10-14(21)18(8-12(19)20)16(24)25-10/h6-7H,4-5,8H2,1-3H3,(H,19,20). The molecule has 10 heteroatoms. The molecule has 0 aliphatic carbocycles. The van der Waals surface area contributed by atoms with Gasteiger partial charge in [-0.15, -0.1) is 0 Å². The summed E-state index contributed by atoms with van der Waals surface area (Å²) in [7, 11) is 0. The Labute approximate surface area is 165 Å². The van der Waals surface area contributed by atoms with E-state index >= 15 is 0 Å². The fourth-order valence-electron chi connectivity index (χ4n) is 2.36. The molecule has 0 saturated carbocycles. The SMILES string of the molecule is CCOC(=O)C1=C(C)N(CC)C(=CC=C2SC(=S)N(CC(=O)O)C2=O)S1. The normalized spacial score (nSPS) is 20.7. The van der Waals surface area contributed by atoms with E-state index < -0.39 is 18.4 Å². The zero-order valence-corrected chi connectivity index (χ0v) is 16.9. The Morgan fingerprint density at radius 1 is 1.23 bits per heavy atom. The molecule has 1 fully saturated rings. The zero-order chi connectivity index (χ0) is 19.4. The van der Waals surface area contributed by atoms with Crippen LogP contribution in [0.25, 0.3) is 0 Å². The van der Waals surface area contributed by atoms with Crippen LogP contribution in [0.15, 0.2) is 32.7 Å². The van der Waals surface area contributed by atoms with Crippen LogP contribution in [0, 0.1) is 0 Å². The molecule has 2 aliphatic heterocycles. The minimum atomic E-state index is -1.12. The molecule has 0 unspecified atom stereocenters. The van der Waals surface area contributed by atoms with E-state index in [-0.39, 0.29) is 10.3 Å². The van der Waals surface area contributed by atoms with Crippen molar-refractivity contribution in [1.29, 1.82) is 0 Å². The van der Waals surface area contributed by atoms with Gasteiger partial charge >= 0.3 is 11.9 Å². The number of carbonyl (C=O) groups is 3. The van der Waals surface area contributed by atoms with Crippen LogP contribution in [0.1, 0.15) is 20.8 Å². The van der Waals surface area contributed by atoms with E-state index in [2.05, 4.69) is 0 Å². The Bertz CT molecular complexity index is 757. The van der Waals surface area contributed by atoms with Crippen molar-refractivity contribution < 1.29 is 24.2 Å². The lowest BCUT2D eigenvalue weighted by molar-refractivity contribution is -0.140. The second-order valence-corrected chi connectivity index (χ2v) is 7.88. The fourth-order valence-corrected chi connectivity index (χ4v) is 4.67. The number of nitrogens with zero attached hydrogens (tertiary/aromatic N) is 2. The van der Waals surface area contributed by atoms with Gasteiger partial charge in [-0.05, 0) is 32.9 Å². The number of hydrogen-bond donors (Lipinski definition) is 1. The molecule has 1 saturated heterocycles. The predicted octanol–water partition coefficient (Wildman–Crippen LogP) is 2.52. The molecule has 0 aromatic heterocycles. The maximum atomic E-state index is 12.3. The van der Waals surface area contributed by atoms with E-state index in [0.717, 1.165) is 27.4 Å². The third kappa shape index (κ3) is 4.30. The molecule has 140 valence electrons. The number of ether oxygens (including phenoxy) is 1. The summed E-state index contributed by atoms with van der Waals surface area (Å²) in [6, 6.07) is 0. The average Bonchev–Trinajstić information content (AvgIpc) is 3.03. The predicted molar refractivity (Wildman–Crippen MR) is 105 cm³/mol. The Morgan fingerprint density at radius 2 is 1.92 bits per heavy atom. The van der Waals surface area contributed by atoms with Gasteiger partial charge in [-0.2, -0.15) is 0 Å². The van der Waals surface area contributed by atoms with Crippen LogP contribution in [-0.4, -0.2) is 56.8 Å². The largest absolute Gasteiger partial charge is 0.480 e. The number of aliphatic carboxylic acids is 1. The van der Waals surface area contributed by atoms with Gasteiger partial charge in [0.05, 0.1) is 16.5 Å². The maximum Gasteiger partial charge on any atom is 0.346 e. The van der Waals surface area contributed by atoms with E-state index in [1.165, 1.54) is 11.8 Å². The number of thioether (sulfide) groups is 2. The number of carboxylic acid groups (broad SMARTS) is 1. The van der Waals surface area contributed by atoms with Crippen molar-refractivity contribution in [3.05, 3.63) is 32.7 Å². The summed E-state index contributed by atoms with van der Waals surface area (Å²) in [6.45, 7) is 6.05. The first-order chi connectivity index (χ1) is 12.3. The van der Waals surface area contributed by atoms with Crippen LogP contribution in [-0.2, 0) is 19.1 Å². The third-order valence-corrected chi connectivity index (χ3v) is 6.16. The monoisotopic (exact) mass is 414 g/mol. The van der Waals surface area contributed by atoms with Crippen LogP contribution in [0.5, 0.6) is 0 Å². The van der Waals surface area contributed by atoms with Crippen molar-refractivity contribution in [1.82, 2.24) is 9.80 Å². The van der Waals surface area contributed by atoms with Crippen LogP contribution >= 0.6 is 35.7 Å². The van der Waals surface area contributed by atoms with Gasteiger partial charge in [0.2, 0.25) is 0 Å². The van der Waals surface area contributed by atoms with E-state index in [0.29, 0.717) is 23.0 Å². The maximum absolute atomic E-state index is 12.3. The summed E-state index contributed by atoms with van der Waals surface area (Å²) in [5, 5.41) is 9.65. The molecule has 1 amide bonds. The van der Waals surface area contributed by atoms with E-state index in [1.54, 1.807) is 19.1 Å². The van der Waals surface area contributed by atoms with Crippen molar-refractivity contribution in [2.75, 3.05) is 19.7 Å². The van der Waals surface area contributed by atoms with Crippen LogP contribution in [0.4, 0.5) is 0 Å². The number of allylic oxidation sites excluding steroid dienone is 3. The Kier molecular flexibility index (Phi) is 6.90. The highest BCUT2D eigenvalue weighted by atomic mass is 32.2. The van der Waals surface area contributed by atoms with Gasteiger partial charge in [0.1, 0.15) is 15.8 Å². The lowest BCUT2D eigenvalue weighted by Crippen LogP contribution is -2.33. The molecule has 0 radical (unpaired) electrons. The van der Waals surface area contributed by atoms with Crippen molar-refractivity contribution in [2.45, 2.75) is 20.8 Å². The Balaban J connectivity index is 2.21. The summed E-state index contributed by atoms with van der Waals surface area (Å²) in [5.74, 6) is -1.92. The number of esters is 1. The minimum absolute atomic E-state index is 0.218. The summed E-state index contributed by atoms with van der Waals surface area (Å²) in [4.78, 5) is 39.0. The fraction of sp³-hybridized carbons (Fsp3) is 0.375. The average molecular weight is 415 g/mol. The molecule has 0 aromatic carbocycles. The number of carbonyl (C=O) groups excluding carboxylic acids is 2. The Hall–Kier alpha value is -1.78. The lowest BCUT2D eigenvalue weighted by Gasteiger charge is -2.18. The first kappa shape index (κ1) is 20.5. The van der Waals surface area contributed by atoms with Crippen molar-refractivity contribution >= 4 is 57.9 Å². The molecule has 1 N–H and O–H groups in total. The number of carboxylic acids is 1. The lowest BCUT2D eigenvalue weighted by atomic mass is 10.3. The van der Waals surface area contributed by atoms with Gasteiger partial charge in [0.25, 0.3) is 5.91 Å². The third-order valence-electron chi connectivity index (χ3n) is 3.53. The number of hydrogen-bond acceptors (Lipinski definition) is 8. The highest BCUT2D eigenvalue weighted by Crippen LogP contribution is 2.42. The molecule has 2 aliphatic rings. The highest BCUT2D eigenvalue weighted by molar-refractivity contribution is 8.26. The highest BCUT2D eigenvalue weighted by Gasteiger charge is 2.34. The topological polar surface area (TPSA) is 87.2 Å². The molecule has 0 atom stereocenters. The molecule has 2 rings (SSSR count). The summed E-state index contributed by atoms with van der Waals surface area (Å²) < 4.78 is 5.29. The van der Waals surface area contributed by atoms with Gasteiger partial charge in [-0.3, -0.25) is 14.5 Å².